The molecule has 0 saturated heterocycles. The predicted molar refractivity (Wildman–Crippen MR) is 74.3 cm³/mol. The van der Waals surface area contributed by atoms with Crippen molar-refractivity contribution in [1.82, 2.24) is 0 Å². The summed E-state index contributed by atoms with van der Waals surface area (Å²) in [6.07, 6.45) is 4.40. The van der Waals surface area contributed by atoms with E-state index in [-0.39, 0.29) is 18.4 Å². The summed E-state index contributed by atoms with van der Waals surface area (Å²) < 4.78 is 11.2. The first kappa shape index (κ1) is 14.2. The van der Waals surface area contributed by atoms with E-state index in [0.717, 1.165) is 25.7 Å². The molecule has 0 unspecified atom stereocenters. The van der Waals surface area contributed by atoms with Gasteiger partial charge in [0, 0.05) is 0 Å². The lowest BCUT2D eigenvalue weighted by Crippen LogP contribution is -2.19. The zero-order valence-corrected chi connectivity index (χ0v) is 11.7. The molecule has 5 heteroatoms. The number of hydrogen-bond acceptors (Lipinski definition) is 4. The second-order valence-corrected chi connectivity index (χ2v) is 5.01. The highest BCUT2D eigenvalue weighted by Gasteiger charge is 2.24. The summed E-state index contributed by atoms with van der Waals surface area (Å²) in [5.41, 5.74) is 5.77. The van der Waals surface area contributed by atoms with Crippen molar-refractivity contribution in [1.29, 1.82) is 0 Å². The standard InChI is InChI=1S/C14H18ClNO3/c1-18-12-7-6-10(15)13(11(17)8-16)14(12)19-9-4-2-3-5-9/h6-7,9H,2-5,8,16H2,1H3. The fraction of sp³-hybridized carbons (Fsp3) is 0.500. The Labute approximate surface area is 117 Å². The number of hydrogen-bond donors (Lipinski definition) is 1. The van der Waals surface area contributed by atoms with E-state index in [9.17, 15) is 4.79 Å². The Morgan fingerprint density at radius 1 is 1.42 bits per heavy atom. The van der Waals surface area contributed by atoms with Crippen molar-refractivity contribution in [2.45, 2.75) is 31.8 Å². The Morgan fingerprint density at radius 2 is 2.11 bits per heavy atom. The molecule has 1 aliphatic rings. The molecule has 0 heterocycles. The molecule has 1 aliphatic carbocycles. The molecule has 0 spiro atoms. The lowest BCUT2D eigenvalue weighted by Gasteiger charge is -2.19. The highest BCUT2D eigenvalue weighted by Crippen LogP contribution is 2.38. The Hall–Kier alpha value is -1.26. The van der Waals surface area contributed by atoms with Gasteiger partial charge in [0.1, 0.15) is 0 Å². The van der Waals surface area contributed by atoms with E-state index in [2.05, 4.69) is 0 Å². The lowest BCUT2D eigenvalue weighted by molar-refractivity contribution is 0.0993. The number of carbonyl (C=O) groups is 1. The Morgan fingerprint density at radius 3 is 2.68 bits per heavy atom. The molecule has 0 aromatic heterocycles. The molecule has 19 heavy (non-hydrogen) atoms. The van der Waals surface area contributed by atoms with Gasteiger partial charge in [-0.15, -0.1) is 0 Å². The molecule has 104 valence electrons. The monoisotopic (exact) mass is 283 g/mol. The third-order valence-corrected chi connectivity index (χ3v) is 3.66. The normalized spacial score (nSPS) is 15.5. The number of benzene rings is 1. The third kappa shape index (κ3) is 3.01. The largest absolute Gasteiger partial charge is 0.493 e. The molecule has 0 atom stereocenters. The molecule has 0 radical (unpaired) electrons. The van der Waals surface area contributed by atoms with Crippen LogP contribution in [0.5, 0.6) is 11.5 Å². The Bertz CT molecular complexity index is 470. The van der Waals surface area contributed by atoms with Gasteiger partial charge < -0.3 is 15.2 Å². The zero-order valence-electron chi connectivity index (χ0n) is 10.9. The van der Waals surface area contributed by atoms with E-state index in [1.54, 1.807) is 19.2 Å². The fourth-order valence-corrected chi connectivity index (χ4v) is 2.61. The second kappa shape index (κ2) is 6.26. The Kier molecular flexibility index (Phi) is 4.66. The summed E-state index contributed by atoms with van der Waals surface area (Å²) in [6.45, 7) is -0.103. The van der Waals surface area contributed by atoms with Crippen LogP contribution in [0.25, 0.3) is 0 Å². The van der Waals surface area contributed by atoms with Crippen LogP contribution in [0.1, 0.15) is 36.0 Å². The zero-order chi connectivity index (χ0) is 13.8. The van der Waals surface area contributed by atoms with E-state index >= 15 is 0 Å². The van der Waals surface area contributed by atoms with Gasteiger partial charge in [-0.3, -0.25) is 4.79 Å². The van der Waals surface area contributed by atoms with Crippen molar-refractivity contribution in [3.05, 3.63) is 22.7 Å². The number of methoxy groups -OCH3 is 1. The lowest BCUT2D eigenvalue weighted by atomic mass is 10.1. The summed E-state index contributed by atoms with van der Waals surface area (Å²) in [6, 6.07) is 3.34. The van der Waals surface area contributed by atoms with Gasteiger partial charge in [0.15, 0.2) is 17.3 Å². The van der Waals surface area contributed by atoms with Crippen molar-refractivity contribution in [3.63, 3.8) is 0 Å². The van der Waals surface area contributed by atoms with Crippen molar-refractivity contribution in [2.75, 3.05) is 13.7 Å². The highest BCUT2D eigenvalue weighted by molar-refractivity contribution is 6.34. The molecular weight excluding hydrogens is 266 g/mol. The topological polar surface area (TPSA) is 61.5 Å². The maximum absolute atomic E-state index is 12.0. The van der Waals surface area contributed by atoms with Crippen LogP contribution in [0.2, 0.25) is 5.02 Å². The average molecular weight is 284 g/mol. The maximum atomic E-state index is 12.0. The van der Waals surface area contributed by atoms with E-state index < -0.39 is 0 Å². The number of ketones is 1. The van der Waals surface area contributed by atoms with Crippen LogP contribution in [0.3, 0.4) is 0 Å². The molecule has 1 aromatic rings. The molecule has 1 aromatic carbocycles. The molecule has 0 bridgehead atoms. The Balaban J connectivity index is 2.40. The quantitative estimate of drug-likeness (QED) is 0.844. The molecule has 0 amide bonds. The van der Waals surface area contributed by atoms with Crippen LogP contribution >= 0.6 is 11.6 Å². The molecule has 1 fully saturated rings. The van der Waals surface area contributed by atoms with Gasteiger partial charge in [0.2, 0.25) is 0 Å². The van der Waals surface area contributed by atoms with E-state index in [1.165, 1.54) is 0 Å². The van der Waals surface area contributed by atoms with Gasteiger partial charge >= 0.3 is 0 Å². The number of Topliss-reactive ketones (excluding diaryl/α,β-unsaturated/α-hetero) is 1. The fourth-order valence-electron chi connectivity index (χ4n) is 2.35. The minimum Gasteiger partial charge on any atom is -0.493 e. The first-order valence-electron chi connectivity index (χ1n) is 6.43. The molecule has 2 N–H and O–H groups in total. The van der Waals surface area contributed by atoms with Crippen molar-refractivity contribution >= 4 is 17.4 Å². The number of carbonyl (C=O) groups excluding carboxylic acids is 1. The van der Waals surface area contributed by atoms with Crippen LogP contribution < -0.4 is 15.2 Å². The maximum Gasteiger partial charge on any atom is 0.181 e. The summed E-state index contributed by atoms with van der Waals surface area (Å²) >= 11 is 6.11. The first-order chi connectivity index (χ1) is 9.17. The van der Waals surface area contributed by atoms with Gasteiger partial charge in [-0.2, -0.15) is 0 Å². The van der Waals surface area contributed by atoms with Crippen molar-refractivity contribution in [2.24, 2.45) is 5.73 Å². The van der Waals surface area contributed by atoms with Crippen LogP contribution in [0.15, 0.2) is 12.1 Å². The smallest absolute Gasteiger partial charge is 0.181 e. The van der Waals surface area contributed by atoms with Crippen LogP contribution in [0, 0.1) is 0 Å². The van der Waals surface area contributed by atoms with Gasteiger partial charge in [-0.1, -0.05) is 11.6 Å². The second-order valence-electron chi connectivity index (χ2n) is 4.61. The van der Waals surface area contributed by atoms with Crippen molar-refractivity contribution < 1.29 is 14.3 Å². The number of halogens is 1. The predicted octanol–water partition coefficient (Wildman–Crippen LogP) is 2.81. The molecule has 0 aliphatic heterocycles. The van der Waals surface area contributed by atoms with Crippen LogP contribution in [-0.2, 0) is 0 Å². The van der Waals surface area contributed by atoms with E-state index in [1.807, 2.05) is 0 Å². The van der Waals surface area contributed by atoms with E-state index in [4.69, 9.17) is 26.8 Å². The molecule has 4 nitrogen and oxygen atoms in total. The van der Waals surface area contributed by atoms with Gasteiger partial charge in [-0.05, 0) is 37.8 Å². The SMILES string of the molecule is COc1ccc(Cl)c(C(=O)CN)c1OC1CCCC1. The number of nitrogens with two attached hydrogens (primary N) is 1. The highest BCUT2D eigenvalue weighted by atomic mass is 35.5. The molecular formula is C14H18ClNO3. The summed E-state index contributed by atoms with van der Waals surface area (Å²) in [7, 11) is 1.54. The first-order valence-corrected chi connectivity index (χ1v) is 6.81. The molecule has 1 saturated carbocycles. The van der Waals surface area contributed by atoms with Crippen molar-refractivity contribution in [3.8, 4) is 11.5 Å². The molecule has 2 rings (SSSR count). The number of rotatable bonds is 5. The van der Waals surface area contributed by atoms with E-state index in [0.29, 0.717) is 22.1 Å². The van der Waals surface area contributed by atoms with Crippen LogP contribution in [0.4, 0.5) is 0 Å². The van der Waals surface area contributed by atoms with Gasteiger partial charge in [0.25, 0.3) is 0 Å². The minimum atomic E-state index is -0.239. The minimum absolute atomic E-state index is 0.103. The summed E-state index contributed by atoms with van der Waals surface area (Å²) in [5.74, 6) is 0.711. The summed E-state index contributed by atoms with van der Waals surface area (Å²) in [5, 5.41) is 0.351. The summed E-state index contributed by atoms with van der Waals surface area (Å²) in [4.78, 5) is 12.0. The van der Waals surface area contributed by atoms with Crippen LogP contribution in [-0.4, -0.2) is 25.5 Å². The third-order valence-electron chi connectivity index (χ3n) is 3.34. The average Bonchev–Trinajstić information content (AvgIpc) is 2.91. The number of ether oxygens (including phenoxy) is 2. The van der Waals surface area contributed by atoms with Gasteiger partial charge in [0.05, 0.1) is 30.3 Å². The van der Waals surface area contributed by atoms with Gasteiger partial charge in [-0.25, -0.2) is 0 Å².